The molecule has 1 atom stereocenters. The molecule has 2 saturated heterocycles. The maximum absolute atomic E-state index is 13.7. The van der Waals surface area contributed by atoms with E-state index in [1.54, 1.807) is 18.2 Å². The fraction of sp³-hybridized carbons (Fsp3) is 0.409. The molecule has 1 unspecified atom stereocenters. The summed E-state index contributed by atoms with van der Waals surface area (Å²) in [5.41, 5.74) is 0.988. The van der Waals surface area contributed by atoms with Crippen molar-refractivity contribution in [3.63, 3.8) is 0 Å². The number of ether oxygens (including phenoxy) is 1. The van der Waals surface area contributed by atoms with E-state index in [0.29, 0.717) is 18.1 Å². The summed E-state index contributed by atoms with van der Waals surface area (Å²) in [4.78, 5) is 16.7. The number of amides is 1. The Morgan fingerprint density at radius 2 is 1.70 bits per heavy atom. The van der Waals surface area contributed by atoms with Gasteiger partial charge in [0.1, 0.15) is 6.10 Å². The largest absolute Gasteiger partial charge is 0.487 e. The van der Waals surface area contributed by atoms with E-state index in [0.717, 1.165) is 44.7 Å². The predicted octanol–water partition coefficient (Wildman–Crippen LogP) is 3.72. The van der Waals surface area contributed by atoms with E-state index in [4.69, 9.17) is 4.74 Å². The molecule has 0 bridgehead atoms. The fourth-order valence-electron chi connectivity index (χ4n) is 4.06. The number of halogens is 1. The highest BCUT2D eigenvalue weighted by molar-refractivity contribution is 5.95. The molecule has 0 radical (unpaired) electrons. The van der Waals surface area contributed by atoms with Crippen LogP contribution >= 0.6 is 0 Å². The van der Waals surface area contributed by atoms with Gasteiger partial charge in [0.15, 0.2) is 11.6 Å². The number of benzene rings is 2. The third kappa shape index (κ3) is 4.30. The van der Waals surface area contributed by atoms with E-state index in [1.165, 1.54) is 6.07 Å². The zero-order valence-corrected chi connectivity index (χ0v) is 15.4. The highest BCUT2D eigenvalue weighted by Gasteiger charge is 2.32. The Hall–Kier alpha value is -2.40. The molecular weight excluding hydrogens is 343 g/mol. The van der Waals surface area contributed by atoms with Crippen LogP contribution in [0, 0.1) is 11.7 Å². The number of carbonyl (C=O) groups excluding carboxylic acids is 1. The minimum atomic E-state index is -0.301. The monoisotopic (exact) mass is 368 g/mol. The van der Waals surface area contributed by atoms with Crippen molar-refractivity contribution < 1.29 is 13.9 Å². The van der Waals surface area contributed by atoms with Crippen molar-refractivity contribution in [1.29, 1.82) is 0 Å². The lowest BCUT2D eigenvalue weighted by atomic mass is 10.0. The molecule has 0 aromatic heterocycles. The van der Waals surface area contributed by atoms with Crippen molar-refractivity contribution in [3.05, 3.63) is 60.4 Å². The average molecular weight is 368 g/mol. The summed E-state index contributed by atoms with van der Waals surface area (Å²) >= 11 is 0. The Labute approximate surface area is 159 Å². The SMILES string of the molecule is O=C1CC(CN2CCC(Oc3ccccc3F)CC2)CN1c1ccccc1. The van der Waals surface area contributed by atoms with Gasteiger partial charge in [-0.3, -0.25) is 4.79 Å². The molecule has 5 heteroatoms. The van der Waals surface area contributed by atoms with Gasteiger partial charge in [-0.25, -0.2) is 4.39 Å². The van der Waals surface area contributed by atoms with E-state index in [-0.39, 0.29) is 17.8 Å². The molecule has 0 aliphatic carbocycles. The van der Waals surface area contributed by atoms with E-state index < -0.39 is 0 Å². The highest BCUT2D eigenvalue weighted by Crippen LogP contribution is 2.27. The molecule has 2 aromatic carbocycles. The molecule has 2 aliphatic heterocycles. The third-order valence-electron chi connectivity index (χ3n) is 5.45. The second-order valence-electron chi connectivity index (χ2n) is 7.46. The first-order valence-electron chi connectivity index (χ1n) is 9.68. The Balaban J connectivity index is 1.26. The van der Waals surface area contributed by atoms with Crippen LogP contribution in [0.15, 0.2) is 54.6 Å². The molecule has 2 fully saturated rings. The maximum Gasteiger partial charge on any atom is 0.227 e. The lowest BCUT2D eigenvalue weighted by molar-refractivity contribution is -0.117. The normalized spacial score (nSPS) is 21.6. The minimum Gasteiger partial charge on any atom is -0.487 e. The summed E-state index contributed by atoms with van der Waals surface area (Å²) in [6.45, 7) is 3.57. The van der Waals surface area contributed by atoms with Crippen LogP contribution in [0.5, 0.6) is 5.75 Å². The number of rotatable bonds is 5. The quantitative estimate of drug-likeness (QED) is 0.806. The van der Waals surface area contributed by atoms with Crippen molar-refractivity contribution in [2.45, 2.75) is 25.4 Å². The van der Waals surface area contributed by atoms with Crippen LogP contribution in [0.4, 0.5) is 10.1 Å². The Morgan fingerprint density at radius 1 is 1.00 bits per heavy atom. The highest BCUT2D eigenvalue weighted by atomic mass is 19.1. The van der Waals surface area contributed by atoms with Crippen LogP contribution in [0.1, 0.15) is 19.3 Å². The molecule has 1 amide bonds. The molecular formula is C22H25FN2O2. The first-order chi connectivity index (χ1) is 13.2. The van der Waals surface area contributed by atoms with Gasteiger partial charge in [0.25, 0.3) is 0 Å². The predicted molar refractivity (Wildman–Crippen MR) is 103 cm³/mol. The summed E-state index contributed by atoms with van der Waals surface area (Å²) in [6.07, 6.45) is 2.44. The lowest BCUT2D eigenvalue weighted by Gasteiger charge is -2.33. The van der Waals surface area contributed by atoms with Crippen molar-refractivity contribution in [2.24, 2.45) is 5.92 Å². The van der Waals surface area contributed by atoms with Crippen LogP contribution in [0.3, 0.4) is 0 Å². The third-order valence-corrected chi connectivity index (χ3v) is 5.45. The standard InChI is InChI=1S/C22H25FN2O2/c23-20-8-4-5-9-21(20)27-19-10-12-24(13-11-19)15-17-14-22(26)25(16-17)18-6-2-1-3-7-18/h1-9,17,19H,10-16H2. The zero-order chi connectivity index (χ0) is 18.6. The summed E-state index contributed by atoms with van der Waals surface area (Å²) < 4.78 is 19.6. The van der Waals surface area contributed by atoms with Gasteiger partial charge in [-0.05, 0) is 43.0 Å². The number of likely N-dealkylation sites (tertiary alicyclic amines) is 1. The van der Waals surface area contributed by atoms with E-state index in [2.05, 4.69) is 4.90 Å². The van der Waals surface area contributed by atoms with Gasteiger partial charge in [0.2, 0.25) is 5.91 Å². The fourth-order valence-corrected chi connectivity index (χ4v) is 4.06. The number of para-hydroxylation sites is 2. The molecule has 4 rings (SSSR count). The smallest absolute Gasteiger partial charge is 0.227 e. The molecule has 2 heterocycles. The van der Waals surface area contributed by atoms with E-state index in [9.17, 15) is 9.18 Å². The molecule has 27 heavy (non-hydrogen) atoms. The van der Waals surface area contributed by atoms with Gasteiger partial charge in [-0.1, -0.05) is 30.3 Å². The lowest BCUT2D eigenvalue weighted by Crippen LogP contribution is -2.41. The van der Waals surface area contributed by atoms with Crippen LogP contribution in [-0.4, -0.2) is 43.1 Å². The first kappa shape index (κ1) is 18.0. The number of nitrogens with zero attached hydrogens (tertiary/aromatic N) is 2. The van der Waals surface area contributed by atoms with Crippen LogP contribution in [0.2, 0.25) is 0 Å². The molecule has 4 nitrogen and oxygen atoms in total. The summed E-state index contributed by atoms with van der Waals surface area (Å²) in [7, 11) is 0. The average Bonchev–Trinajstić information content (AvgIpc) is 3.06. The summed E-state index contributed by atoms with van der Waals surface area (Å²) in [6, 6.07) is 16.5. The molecule has 2 aromatic rings. The Kier molecular flexibility index (Phi) is 5.39. The molecule has 2 aliphatic rings. The van der Waals surface area contributed by atoms with Gasteiger partial charge >= 0.3 is 0 Å². The van der Waals surface area contributed by atoms with E-state index in [1.807, 2.05) is 35.2 Å². The molecule has 0 saturated carbocycles. The molecule has 0 spiro atoms. The van der Waals surface area contributed by atoms with Crippen molar-refractivity contribution in [1.82, 2.24) is 4.90 Å². The summed E-state index contributed by atoms with van der Waals surface area (Å²) in [5.74, 6) is 0.618. The van der Waals surface area contributed by atoms with Crippen LogP contribution in [-0.2, 0) is 4.79 Å². The number of hydrogen-bond acceptors (Lipinski definition) is 3. The topological polar surface area (TPSA) is 32.8 Å². The zero-order valence-electron chi connectivity index (χ0n) is 15.4. The molecule has 0 N–H and O–H groups in total. The van der Waals surface area contributed by atoms with Gasteiger partial charge in [-0.2, -0.15) is 0 Å². The van der Waals surface area contributed by atoms with Gasteiger partial charge in [0.05, 0.1) is 0 Å². The Bertz CT molecular complexity index is 775. The number of anilines is 1. The van der Waals surface area contributed by atoms with Crippen molar-refractivity contribution in [3.8, 4) is 5.75 Å². The van der Waals surface area contributed by atoms with Gasteiger partial charge in [-0.15, -0.1) is 0 Å². The second kappa shape index (κ2) is 8.09. The minimum absolute atomic E-state index is 0.0594. The maximum atomic E-state index is 13.7. The first-order valence-corrected chi connectivity index (χ1v) is 9.68. The van der Waals surface area contributed by atoms with Gasteiger partial charge in [0, 0.05) is 38.3 Å². The number of carbonyl (C=O) groups is 1. The van der Waals surface area contributed by atoms with Crippen LogP contribution in [0.25, 0.3) is 0 Å². The Morgan fingerprint density at radius 3 is 2.44 bits per heavy atom. The number of piperidine rings is 1. The van der Waals surface area contributed by atoms with Gasteiger partial charge < -0.3 is 14.5 Å². The van der Waals surface area contributed by atoms with E-state index >= 15 is 0 Å². The van der Waals surface area contributed by atoms with Crippen LogP contribution < -0.4 is 9.64 Å². The number of hydrogen-bond donors (Lipinski definition) is 0. The van der Waals surface area contributed by atoms with Crippen molar-refractivity contribution >= 4 is 11.6 Å². The molecule has 142 valence electrons. The summed E-state index contributed by atoms with van der Waals surface area (Å²) in [5, 5.41) is 0. The van der Waals surface area contributed by atoms with Crippen molar-refractivity contribution in [2.75, 3.05) is 31.1 Å². The second-order valence-corrected chi connectivity index (χ2v) is 7.46.